The third kappa shape index (κ3) is 2.56. The van der Waals surface area contributed by atoms with Gasteiger partial charge in [-0.15, -0.1) is 0 Å². The number of nitrogens with one attached hydrogen (secondary N) is 1. The Kier molecular flexibility index (Phi) is 3.51. The third-order valence-electron chi connectivity index (χ3n) is 3.82. The molecule has 0 fully saturated rings. The Morgan fingerprint density at radius 3 is 2.76 bits per heavy atom. The molecule has 1 N–H and O–H groups in total. The van der Waals surface area contributed by atoms with Gasteiger partial charge in [0.2, 0.25) is 0 Å². The predicted molar refractivity (Wildman–Crippen MR) is 81.1 cm³/mol. The molecule has 0 spiro atoms. The molecule has 3 rings (SSSR count). The molecule has 5 nitrogen and oxygen atoms in total. The molecule has 0 aromatic carbocycles. The summed E-state index contributed by atoms with van der Waals surface area (Å²) in [7, 11) is 0. The summed E-state index contributed by atoms with van der Waals surface area (Å²) in [5.41, 5.74) is 4.12. The van der Waals surface area contributed by atoms with E-state index in [4.69, 9.17) is 4.42 Å². The quantitative estimate of drug-likeness (QED) is 0.798. The van der Waals surface area contributed by atoms with Crippen LogP contribution in [0.4, 0.5) is 0 Å². The highest BCUT2D eigenvalue weighted by atomic mass is 16.3. The molecule has 3 aromatic heterocycles. The maximum atomic E-state index is 5.44. The summed E-state index contributed by atoms with van der Waals surface area (Å²) >= 11 is 0. The van der Waals surface area contributed by atoms with Gasteiger partial charge in [0.05, 0.1) is 18.0 Å². The standard InChI is InChI=1S/C16H20N4O/c1-10-8-16-17-9-14(13(4)20(16)19-10)11(2)18-12(3)15-6-5-7-21-15/h5-9,11-12,18H,1-4H3/t11?,12-/m0/s1. The van der Waals surface area contributed by atoms with Crippen molar-refractivity contribution in [2.45, 2.75) is 39.8 Å². The first-order valence-electron chi connectivity index (χ1n) is 7.17. The smallest absolute Gasteiger partial charge is 0.155 e. The van der Waals surface area contributed by atoms with Gasteiger partial charge in [0.15, 0.2) is 5.65 Å². The molecule has 0 radical (unpaired) electrons. The van der Waals surface area contributed by atoms with Crippen molar-refractivity contribution in [1.82, 2.24) is 19.9 Å². The molecule has 0 saturated carbocycles. The summed E-state index contributed by atoms with van der Waals surface area (Å²) in [6, 6.07) is 6.18. The van der Waals surface area contributed by atoms with E-state index in [1.165, 1.54) is 0 Å². The van der Waals surface area contributed by atoms with Gasteiger partial charge in [0.25, 0.3) is 0 Å². The molecule has 0 aliphatic carbocycles. The lowest BCUT2D eigenvalue weighted by atomic mass is 10.1. The molecule has 5 heteroatoms. The van der Waals surface area contributed by atoms with Crippen LogP contribution in [0.25, 0.3) is 5.65 Å². The fourth-order valence-corrected chi connectivity index (χ4v) is 2.69. The largest absolute Gasteiger partial charge is 0.468 e. The number of hydrogen-bond donors (Lipinski definition) is 1. The molecule has 2 atom stereocenters. The summed E-state index contributed by atoms with van der Waals surface area (Å²) in [6.07, 6.45) is 3.63. The first kappa shape index (κ1) is 13.8. The molecule has 110 valence electrons. The average molecular weight is 284 g/mol. The van der Waals surface area contributed by atoms with E-state index < -0.39 is 0 Å². The molecular weight excluding hydrogens is 264 g/mol. The zero-order valence-corrected chi connectivity index (χ0v) is 12.8. The van der Waals surface area contributed by atoms with Gasteiger partial charge < -0.3 is 9.73 Å². The minimum Gasteiger partial charge on any atom is -0.468 e. The predicted octanol–water partition coefficient (Wildman–Crippen LogP) is 3.35. The van der Waals surface area contributed by atoms with Crippen LogP contribution in [0.2, 0.25) is 0 Å². The molecular formula is C16H20N4O. The van der Waals surface area contributed by atoms with Crippen LogP contribution in [-0.2, 0) is 0 Å². The van der Waals surface area contributed by atoms with Gasteiger partial charge >= 0.3 is 0 Å². The first-order valence-corrected chi connectivity index (χ1v) is 7.17. The van der Waals surface area contributed by atoms with Crippen LogP contribution >= 0.6 is 0 Å². The highest BCUT2D eigenvalue weighted by Crippen LogP contribution is 2.22. The monoisotopic (exact) mass is 284 g/mol. The van der Waals surface area contributed by atoms with Crippen LogP contribution in [-0.4, -0.2) is 14.6 Å². The average Bonchev–Trinajstić information content (AvgIpc) is 3.07. The van der Waals surface area contributed by atoms with E-state index in [-0.39, 0.29) is 12.1 Å². The van der Waals surface area contributed by atoms with Crippen molar-refractivity contribution in [3.8, 4) is 0 Å². The Bertz CT molecular complexity index is 745. The minimum atomic E-state index is 0.143. The van der Waals surface area contributed by atoms with Crippen molar-refractivity contribution in [2.24, 2.45) is 0 Å². The maximum Gasteiger partial charge on any atom is 0.155 e. The lowest BCUT2D eigenvalue weighted by Gasteiger charge is -2.20. The van der Waals surface area contributed by atoms with Crippen molar-refractivity contribution in [2.75, 3.05) is 0 Å². The summed E-state index contributed by atoms with van der Waals surface area (Å²) in [4.78, 5) is 4.49. The van der Waals surface area contributed by atoms with Gasteiger partial charge in [-0.05, 0) is 39.8 Å². The third-order valence-corrected chi connectivity index (χ3v) is 3.82. The van der Waals surface area contributed by atoms with Crippen LogP contribution in [0.5, 0.6) is 0 Å². The van der Waals surface area contributed by atoms with Crippen molar-refractivity contribution in [3.05, 3.63) is 53.4 Å². The van der Waals surface area contributed by atoms with Gasteiger partial charge in [-0.25, -0.2) is 9.50 Å². The highest BCUT2D eigenvalue weighted by molar-refractivity contribution is 5.42. The van der Waals surface area contributed by atoms with E-state index >= 15 is 0 Å². The van der Waals surface area contributed by atoms with Crippen molar-refractivity contribution in [1.29, 1.82) is 0 Å². The van der Waals surface area contributed by atoms with E-state index in [2.05, 4.69) is 36.2 Å². The van der Waals surface area contributed by atoms with E-state index in [0.717, 1.165) is 28.4 Å². The van der Waals surface area contributed by atoms with Gasteiger partial charge in [-0.2, -0.15) is 5.10 Å². The van der Waals surface area contributed by atoms with Crippen LogP contribution in [0.1, 0.15) is 48.6 Å². The van der Waals surface area contributed by atoms with Crippen LogP contribution in [0.15, 0.2) is 35.1 Å². The van der Waals surface area contributed by atoms with Gasteiger partial charge in [-0.3, -0.25) is 0 Å². The minimum absolute atomic E-state index is 0.143. The maximum absolute atomic E-state index is 5.44. The van der Waals surface area contributed by atoms with E-state index in [1.807, 2.05) is 35.8 Å². The molecule has 0 amide bonds. The number of fused-ring (bicyclic) bond motifs is 1. The normalized spacial score (nSPS) is 14.5. The lowest BCUT2D eigenvalue weighted by Crippen LogP contribution is -2.23. The molecule has 21 heavy (non-hydrogen) atoms. The Balaban J connectivity index is 1.87. The Morgan fingerprint density at radius 2 is 2.05 bits per heavy atom. The van der Waals surface area contributed by atoms with Crippen molar-refractivity contribution >= 4 is 5.65 Å². The van der Waals surface area contributed by atoms with Gasteiger partial charge in [0, 0.05) is 29.6 Å². The molecule has 0 aliphatic rings. The fourth-order valence-electron chi connectivity index (χ4n) is 2.69. The number of aryl methyl sites for hydroxylation is 2. The Hall–Kier alpha value is -2.14. The number of hydrogen-bond acceptors (Lipinski definition) is 4. The highest BCUT2D eigenvalue weighted by Gasteiger charge is 2.17. The zero-order valence-electron chi connectivity index (χ0n) is 12.8. The van der Waals surface area contributed by atoms with Crippen LogP contribution in [0.3, 0.4) is 0 Å². The van der Waals surface area contributed by atoms with Crippen molar-refractivity contribution < 1.29 is 4.42 Å². The second kappa shape index (κ2) is 5.33. The number of furan rings is 1. The number of nitrogens with zero attached hydrogens (tertiary/aromatic N) is 3. The molecule has 3 aromatic rings. The second-order valence-corrected chi connectivity index (χ2v) is 5.48. The Morgan fingerprint density at radius 1 is 1.24 bits per heavy atom. The van der Waals surface area contributed by atoms with Crippen LogP contribution < -0.4 is 5.32 Å². The lowest BCUT2D eigenvalue weighted by molar-refractivity contribution is 0.401. The molecule has 0 aliphatic heterocycles. The second-order valence-electron chi connectivity index (χ2n) is 5.48. The number of aromatic nitrogens is 3. The van der Waals surface area contributed by atoms with E-state index in [0.29, 0.717) is 0 Å². The fraction of sp³-hybridized carbons (Fsp3) is 0.375. The molecule has 0 bridgehead atoms. The van der Waals surface area contributed by atoms with E-state index in [1.54, 1.807) is 6.26 Å². The summed E-state index contributed by atoms with van der Waals surface area (Å²) in [6.45, 7) is 8.28. The summed E-state index contributed by atoms with van der Waals surface area (Å²) < 4.78 is 7.34. The molecule has 1 unspecified atom stereocenters. The van der Waals surface area contributed by atoms with Gasteiger partial charge in [0.1, 0.15) is 5.76 Å². The van der Waals surface area contributed by atoms with Gasteiger partial charge in [-0.1, -0.05) is 0 Å². The van der Waals surface area contributed by atoms with E-state index in [9.17, 15) is 0 Å². The van der Waals surface area contributed by atoms with Crippen molar-refractivity contribution in [3.63, 3.8) is 0 Å². The first-order chi connectivity index (χ1) is 10.1. The molecule has 3 heterocycles. The SMILES string of the molecule is Cc1cc2ncc(C(C)N[C@@H](C)c3ccco3)c(C)n2n1. The molecule has 0 saturated heterocycles. The van der Waals surface area contributed by atoms with Crippen LogP contribution in [0, 0.1) is 13.8 Å². The Labute approximate surface area is 124 Å². The number of rotatable bonds is 4. The summed E-state index contributed by atoms with van der Waals surface area (Å²) in [5, 5.41) is 8.03. The summed E-state index contributed by atoms with van der Waals surface area (Å²) in [5.74, 6) is 0.934. The topological polar surface area (TPSA) is 55.4 Å². The zero-order chi connectivity index (χ0) is 15.0.